The highest BCUT2D eigenvalue weighted by Crippen LogP contribution is 2.16. The fourth-order valence-corrected chi connectivity index (χ4v) is 3.16. The molecule has 0 spiro atoms. The van der Waals surface area contributed by atoms with Crippen molar-refractivity contribution in [3.05, 3.63) is 0 Å². The zero-order valence-corrected chi connectivity index (χ0v) is 11.0. The lowest BCUT2D eigenvalue weighted by Gasteiger charge is -2.19. The molecular weight excluding hydrogens is 212 g/mol. The maximum Gasteiger partial charge on any atom is 0.303 e. The van der Waals surface area contributed by atoms with Crippen molar-refractivity contribution in [1.82, 2.24) is 0 Å². The van der Waals surface area contributed by atoms with E-state index in [1.165, 1.54) is 0 Å². The number of hydrogen-bond donors (Lipinski definition) is 0. The second-order valence-corrected chi connectivity index (χ2v) is 9.16. The molecule has 4 nitrogen and oxygen atoms in total. The van der Waals surface area contributed by atoms with Crippen LogP contribution in [0.2, 0.25) is 25.2 Å². The van der Waals surface area contributed by atoms with E-state index in [9.17, 15) is 9.59 Å². The normalized spacial score (nSPS) is 10.9. The molecule has 0 atom stereocenters. The van der Waals surface area contributed by atoms with Gasteiger partial charge in [-0.15, -0.1) is 0 Å². The fourth-order valence-electron chi connectivity index (χ4n) is 1.27. The molecule has 0 radical (unpaired) electrons. The Hall–Kier alpha value is -0.843. The quantitative estimate of drug-likeness (QED) is 0.518. The van der Waals surface area contributed by atoms with Gasteiger partial charge in [-0.3, -0.25) is 9.59 Å². The van der Waals surface area contributed by atoms with Gasteiger partial charge in [0.1, 0.15) is 0 Å². The van der Waals surface area contributed by atoms with Gasteiger partial charge >= 0.3 is 11.9 Å². The van der Waals surface area contributed by atoms with Crippen LogP contribution >= 0.6 is 0 Å². The van der Waals surface area contributed by atoms with Crippen molar-refractivity contribution >= 4 is 20.0 Å². The average Bonchev–Trinajstić information content (AvgIpc) is 2.01. The Balaban J connectivity index is 4.05. The Labute approximate surface area is 92.0 Å². The van der Waals surface area contributed by atoms with E-state index in [2.05, 4.69) is 0 Å². The van der Waals surface area contributed by atoms with Crippen LogP contribution in [0.15, 0.2) is 0 Å². The lowest BCUT2D eigenvalue weighted by atomic mass is 10.7. The molecule has 0 aliphatic rings. The van der Waals surface area contributed by atoms with E-state index >= 15 is 0 Å². The Bertz CT molecular complexity index is 203. The summed E-state index contributed by atoms with van der Waals surface area (Å²) >= 11 is 0. The second kappa shape index (κ2) is 6.61. The second-order valence-electron chi connectivity index (χ2n) is 4.13. The summed E-state index contributed by atoms with van der Waals surface area (Å²) in [6.45, 7) is 8.31. The Morgan fingerprint density at radius 2 is 1.27 bits per heavy atom. The van der Waals surface area contributed by atoms with Gasteiger partial charge in [0, 0.05) is 12.1 Å². The minimum atomic E-state index is -1.85. The Kier molecular flexibility index (Phi) is 6.23. The third-order valence-corrected chi connectivity index (χ3v) is 4.35. The van der Waals surface area contributed by atoms with E-state index in [1.807, 2.05) is 13.1 Å². The van der Waals surface area contributed by atoms with Crippen LogP contribution in [0, 0.1) is 0 Å². The highest BCUT2D eigenvalue weighted by atomic mass is 28.3. The van der Waals surface area contributed by atoms with E-state index in [1.54, 1.807) is 13.8 Å². The zero-order valence-electron chi connectivity index (χ0n) is 9.96. The number of ether oxygens (including phenoxy) is 2. The topological polar surface area (TPSA) is 52.6 Å². The summed E-state index contributed by atoms with van der Waals surface area (Å²) in [5, 5.41) is 0. The number of hydrogen-bond acceptors (Lipinski definition) is 4. The smallest absolute Gasteiger partial charge is 0.303 e. The van der Waals surface area contributed by atoms with Gasteiger partial charge in [-0.25, -0.2) is 0 Å². The molecule has 0 aliphatic heterocycles. The molecule has 0 N–H and O–H groups in total. The molecule has 0 rings (SSSR count). The van der Waals surface area contributed by atoms with Gasteiger partial charge in [-0.05, 0) is 13.8 Å². The molecule has 0 aromatic heterocycles. The van der Waals surface area contributed by atoms with Gasteiger partial charge in [0.25, 0.3) is 0 Å². The van der Waals surface area contributed by atoms with Gasteiger partial charge in [0.05, 0.1) is 21.3 Å². The van der Waals surface area contributed by atoms with Crippen molar-refractivity contribution in [1.29, 1.82) is 0 Å². The highest BCUT2D eigenvalue weighted by Gasteiger charge is 2.28. The number of carbonyl (C=O) groups is 2. The Morgan fingerprint density at radius 3 is 1.53 bits per heavy atom. The Morgan fingerprint density at radius 1 is 0.933 bits per heavy atom. The van der Waals surface area contributed by atoms with Crippen LogP contribution in [-0.2, 0) is 19.1 Å². The first-order valence-corrected chi connectivity index (χ1v) is 8.64. The molecule has 15 heavy (non-hydrogen) atoms. The zero-order chi connectivity index (χ0) is 11.9. The van der Waals surface area contributed by atoms with Crippen molar-refractivity contribution in [3.8, 4) is 0 Å². The summed E-state index contributed by atoms with van der Waals surface area (Å²) in [6.07, 6.45) is 0. The summed E-state index contributed by atoms with van der Waals surface area (Å²) in [7, 11) is -1.85. The SMILES string of the molecule is CCOC(=O)C[Si](C)(C)CC(=O)OCC. The van der Waals surface area contributed by atoms with E-state index in [-0.39, 0.29) is 11.9 Å². The third kappa shape index (κ3) is 7.13. The highest BCUT2D eigenvalue weighted by molar-refractivity contribution is 6.82. The van der Waals surface area contributed by atoms with Crippen molar-refractivity contribution < 1.29 is 19.1 Å². The van der Waals surface area contributed by atoms with Crippen molar-refractivity contribution in [3.63, 3.8) is 0 Å². The van der Waals surface area contributed by atoms with Crippen LogP contribution in [0.1, 0.15) is 13.8 Å². The summed E-state index contributed by atoms with van der Waals surface area (Å²) in [5.74, 6) is -0.420. The molecule has 0 heterocycles. The van der Waals surface area contributed by atoms with Crippen molar-refractivity contribution in [2.45, 2.75) is 39.0 Å². The van der Waals surface area contributed by atoms with Crippen LogP contribution in [0.4, 0.5) is 0 Å². The van der Waals surface area contributed by atoms with Gasteiger partial charge in [0.2, 0.25) is 0 Å². The van der Waals surface area contributed by atoms with Crippen LogP contribution in [0.3, 0.4) is 0 Å². The molecular formula is C10H20O4Si. The number of carbonyl (C=O) groups excluding carboxylic acids is 2. The lowest BCUT2D eigenvalue weighted by molar-refractivity contribution is -0.140. The molecule has 0 saturated carbocycles. The average molecular weight is 232 g/mol. The summed E-state index contributed by atoms with van der Waals surface area (Å²) in [5.41, 5.74) is 0. The molecule has 0 aromatic carbocycles. The van der Waals surface area contributed by atoms with Crippen LogP contribution < -0.4 is 0 Å². The van der Waals surface area contributed by atoms with Gasteiger partial charge < -0.3 is 9.47 Å². The summed E-state index contributed by atoms with van der Waals surface area (Å²) in [4.78, 5) is 22.5. The number of esters is 2. The van der Waals surface area contributed by atoms with E-state index in [0.717, 1.165) is 0 Å². The molecule has 0 bridgehead atoms. The molecule has 88 valence electrons. The van der Waals surface area contributed by atoms with Gasteiger partial charge in [-0.1, -0.05) is 13.1 Å². The molecule has 0 saturated heterocycles. The monoisotopic (exact) mass is 232 g/mol. The maximum atomic E-state index is 11.3. The fraction of sp³-hybridized carbons (Fsp3) is 0.800. The molecule has 0 aliphatic carbocycles. The number of rotatable bonds is 6. The van der Waals surface area contributed by atoms with Crippen molar-refractivity contribution in [2.24, 2.45) is 0 Å². The van der Waals surface area contributed by atoms with Gasteiger partial charge in [0.15, 0.2) is 0 Å². The molecule has 0 aromatic rings. The first kappa shape index (κ1) is 14.2. The van der Waals surface area contributed by atoms with Crippen LogP contribution in [0.25, 0.3) is 0 Å². The molecule has 5 heteroatoms. The molecule has 0 unspecified atom stereocenters. The van der Waals surface area contributed by atoms with Gasteiger partial charge in [-0.2, -0.15) is 0 Å². The molecule has 0 fully saturated rings. The maximum absolute atomic E-state index is 11.3. The lowest BCUT2D eigenvalue weighted by Crippen LogP contribution is -2.33. The van der Waals surface area contributed by atoms with E-state index < -0.39 is 8.07 Å². The predicted molar refractivity (Wildman–Crippen MR) is 60.4 cm³/mol. The van der Waals surface area contributed by atoms with E-state index in [4.69, 9.17) is 9.47 Å². The summed E-state index contributed by atoms with van der Waals surface area (Å²) in [6, 6.07) is 0.749. The first-order chi connectivity index (χ1) is 6.91. The third-order valence-electron chi connectivity index (χ3n) is 1.86. The standard InChI is InChI=1S/C10H20O4Si/c1-5-13-9(11)7-15(3,4)8-10(12)14-6-2/h5-8H2,1-4H3. The minimum Gasteiger partial charge on any atom is -0.466 e. The van der Waals surface area contributed by atoms with Crippen LogP contribution in [0.5, 0.6) is 0 Å². The summed E-state index contributed by atoms with van der Waals surface area (Å²) < 4.78 is 9.73. The van der Waals surface area contributed by atoms with Crippen molar-refractivity contribution in [2.75, 3.05) is 13.2 Å². The minimum absolute atomic E-state index is 0.210. The van der Waals surface area contributed by atoms with E-state index in [0.29, 0.717) is 25.3 Å². The first-order valence-electron chi connectivity index (χ1n) is 5.22. The predicted octanol–water partition coefficient (Wildman–Crippen LogP) is 1.82. The van der Waals surface area contributed by atoms with Crippen LogP contribution in [-0.4, -0.2) is 33.2 Å². The largest absolute Gasteiger partial charge is 0.466 e. The molecule has 0 amide bonds.